The molecule has 194 valence electrons. The second kappa shape index (κ2) is 10.6. The van der Waals surface area contributed by atoms with Crippen molar-refractivity contribution in [1.29, 1.82) is 0 Å². The van der Waals surface area contributed by atoms with Gasteiger partial charge in [-0.2, -0.15) is 0 Å². The average Bonchev–Trinajstić information content (AvgIpc) is 3.45. The highest BCUT2D eigenvalue weighted by atomic mass is 31.2. The molecule has 0 spiro atoms. The standard InChI is InChI=1S/C26H25FNO8P/c1-15-20(9-16-10-23(33-2)26(24(11-16)34-3)36-37(30,31)32)19-7-6-17(27)12-22(19)21(15)13-25(29)28-14-18-5-4-8-35-18/h4-12H,13-14H2,1-3H3,(H,28,29)(H2,30,31,32)/b20-9-. The van der Waals surface area contributed by atoms with E-state index in [-0.39, 0.29) is 36.1 Å². The summed E-state index contributed by atoms with van der Waals surface area (Å²) in [5.74, 6) is -0.202. The van der Waals surface area contributed by atoms with Crippen molar-refractivity contribution in [1.82, 2.24) is 5.32 Å². The highest BCUT2D eigenvalue weighted by Crippen LogP contribution is 2.49. The van der Waals surface area contributed by atoms with Crippen LogP contribution in [-0.2, 0) is 15.9 Å². The lowest BCUT2D eigenvalue weighted by molar-refractivity contribution is -0.120. The molecule has 0 radical (unpaired) electrons. The van der Waals surface area contributed by atoms with Crippen LogP contribution < -0.4 is 19.3 Å². The van der Waals surface area contributed by atoms with E-state index >= 15 is 0 Å². The van der Waals surface area contributed by atoms with Crippen LogP contribution in [0.1, 0.15) is 35.8 Å². The average molecular weight is 529 g/mol. The number of phosphoric acid groups is 1. The molecule has 3 N–H and O–H groups in total. The van der Waals surface area contributed by atoms with Gasteiger partial charge in [0.15, 0.2) is 11.5 Å². The fourth-order valence-corrected chi connectivity index (χ4v) is 4.58. The molecule has 0 unspecified atom stereocenters. The predicted octanol–water partition coefficient (Wildman–Crippen LogP) is 4.94. The van der Waals surface area contributed by atoms with Gasteiger partial charge < -0.3 is 23.7 Å². The van der Waals surface area contributed by atoms with Gasteiger partial charge in [-0.25, -0.2) is 8.96 Å². The largest absolute Gasteiger partial charge is 0.525 e. The second-order valence-electron chi connectivity index (χ2n) is 8.22. The Labute approximate surface area is 212 Å². The van der Waals surface area contributed by atoms with Gasteiger partial charge in [0.2, 0.25) is 11.7 Å². The molecule has 11 heteroatoms. The van der Waals surface area contributed by atoms with Gasteiger partial charge in [-0.1, -0.05) is 6.07 Å². The van der Waals surface area contributed by atoms with E-state index in [1.165, 1.54) is 44.7 Å². The lowest BCUT2D eigenvalue weighted by Gasteiger charge is -2.16. The molecular formula is C26H25FNO8P. The number of methoxy groups -OCH3 is 2. The summed E-state index contributed by atoms with van der Waals surface area (Å²) in [5.41, 5.74) is 4.12. The van der Waals surface area contributed by atoms with Crippen LogP contribution in [0.25, 0.3) is 17.2 Å². The summed E-state index contributed by atoms with van der Waals surface area (Å²) in [6, 6.07) is 10.9. The van der Waals surface area contributed by atoms with E-state index < -0.39 is 13.6 Å². The maximum Gasteiger partial charge on any atom is 0.525 e. The number of phosphoric ester groups is 1. The van der Waals surface area contributed by atoms with Crippen molar-refractivity contribution in [2.45, 2.75) is 19.9 Å². The summed E-state index contributed by atoms with van der Waals surface area (Å²) in [6.45, 7) is 2.08. The molecule has 4 rings (SSSR count). The van der Waals surface area contributed by atoms with Crippen LogP contribution in [0.3, 0.4) is 0 Å². The molecule has 0 aliphatic heterocycles. The maximum absolute atomic E-state index is 14.2. The fourth-order valence-electron chi connectivity index (χ4n) is 4.16. The number of hydrogen-bond acceptors (Lipinski definition) is 6. The highest BCUT2D eigenvalue weighted by molar-refractivity contribution is 7.46. The van der Waals surface area contributed by atoms with E-state index in [4.69, 9.17) is 18.4 Å². The topological polar surface area (TPSA) is 127 Å². The number of carbonyl (C=O) groups excluding carboxylic acids is 1. The van der Waals surface area contributed by atoms with Crippen LogP contribution in [0.2, 0.25) is 0 Å². The Bertz CT molecular complexity index is 1410. The number of nitrogens with one attached hydrogen (secondary N) is 1. The van der Waals surface area contributed by atoms with Gasteiger partial charge in [0.1, 0.15) is 11.6 Å². The number of halogens is 1. The lowest BCUT2D eigenvalue weighted by atomic mass is 10.00. The SMILES string of the molecule is COc1cc(/C=C2/C(C)=C(CC(=O)NCc3ccco3)c3cc(F)ccc32)cc(OC)c1OP(=O)(O)O. The summed E-state index contributed by atoms with van der Waals surface area (Å²) in [4.78, 5) is 31.2. The molecule has 2 aromatic carbocycles. The van der Waals surface area contributed by atoms with Gasteiger partial charge in [-0.15, -0.1) is 0 Å². The minimum atomic E-state index is -4.88. The summed E-state index contributed by atoms with van der Waals surface area (Å²) >= 11 is 0. The van der Waals surface area contributed by atoms with Gasteiger partial charge in [0.25, 0.3) is 0 Å². The molecule has 1 aliphatic rings. The molecule has 0 saturated heterocycles. The van der Waals surface area contributed by atoms with Crippen LogP contribution in [0.15, 0.2) is 58.7 Å². The Kier molecular flexibility index (Phi) is 7.54. The Hall–Kier alpha value is -3.85. The smallest absolute Gasteiger partial charge is 0.493 e. The van der Waals surface area contributed by atoms with Crippen molar-refractivity contribution >= 4 is 31.0 Å². The number of ether oxygens (including phenoxy) is 2. The monoisotopic (exact) mass is 529 g/mol. The van der Waals surface area contributed by atoms with E-state index in [2.05, 4.69) is 5.32 Å². The normalized spacial score (nSPS) is 14.1. The summed E-state index contributed by atoms with van der Waals surface area (Å²) < 4.78 is 46.2. The molecule has 1 aliphatic carbocycles. The highest BCUT2D eigenvalue weighted by Gasteiger charge is 2.27. The van der Waals surface area contributed by atoms with E-state index in [0.717, 1.165) is 16.7 Å². The third-order valence-electron chi connectivity index (χ3n) is 5.83. The minimum Gasteiger partial charge on any atom is -0.493 e. The van der Waals surface area contributed by atoms with Crippen LogP contribution >= 0.6 is 7.82 Å². The van der Waals surface area contributed by atoms with Crippen molar-refractivity contribution in [3.8, 4) is 17.2 Å². The summed E-state index contributed by atoms with van der Waals surface area (Å²) in [7, 11) is -2.22. The first-order valence-electron chi connectivity index (χ1n) is 11.1. The van der Waals surface area contributed by atoms with Gasteiger partial charge in [0, 0.05) is 0 Å². The third-order valence-corrected chi connectivity index (χ3v) is 6.26. The predicted molar refractivity (Wildman–Crippen MR) is 134 cm³/mol. The Morgan fingerprint density at radius 3 is 2.41 bits per heavy atom. The van der Waals surface area contributed by atoms with Crippen molar-refractivity contribution in [3.63, 3.8) is 0 Å². The first-order chi connectivity index (χ1) is 17.6. The van der Waals surface area contributed by atoms with Crippen LogP contribution in [-0.4, -0.2) is 29.9 Å². The molecule has 3 aromatic rings. The van der Waals surface area contributed by atoms with E-state index in [9.17, 15) is 23.5 Å². The van der Waals surface area contributed by atoms with Gasteiger partial charge in [0.05, 0.1) is 33.4 Å². The Morgan fingerprint density at radius 1 is 1.11 bits per heavy atom. The molecule has 0 fully saturated rings. The molecule has 1 aromatic heterocycles. The summed E-state index contributed by atoms with van der Waals surface area (Å²) in [5, 5.41) is 2.81. The number of furan rings is 1. The first kappa shape index (κ1) is 26.2. The molecular weight excluding hydrogens is 504 g/mol. The maximum atomic E-state index is 14.2. The molecule has 0 bridgehead atoms. The molecule has 1 heterocycles. The number of carbonyl (C=O) groups is 1. The van der Waals surface area contributed by atoms with Gasteiger partial charge >= 0.3 is 7.82 Å². The number of hydrogen-bond donors (Lipinski definition) is 3. The number of amides is 1. The first-order valence-corrected chi connectivity index (χ1v) is 12.6. The van der Waals surface area contributed by atoms with Crippen molar-refractivity contribution in [3.05, 3.63) is 82.6 Å². The zero-order valence-corrected chi connectivity index (χ0v) is 21.2. The number of allylic oxidation sites excluding steroid dienone is 2. The van der Waals surface area contributed by atoms with Crippen LogP contribution in [0.5, 0.6) is 17.2 Å². The number of fused-ring (bicyclic) bond motifs is 1. The Morgan fingerprint density at radius 2 is 1.81 bits per heavy atom. The van der Waals surface area contributed by atoms with Crippen LogP contribution in [0, 0.1) is 5.82 Å². The van der Waals surface area contributed by atoms with Crippen molar-refractivity contribution in [2.24, 2.45) is 0 Å². The van der Waals surface area contributed by atoms with E-state index in [0.29, 0.717) is 22.5 Å². The second-order valence-corrected chi connectivity index (χ2v) is 9.38. The van der Waals surface area contributed by atoms with Crippen molar-refractivity contribution in [2.75, 3.05) is 14.2 Å². The van der Waals surface area contributed by atoms with Gasteiger partial charge in [-0.05, 0) is 82.8 Å². The van der Waals surface area contributed by atoms with E-state index in [1.54, 1.807) is 24.3 Å². The summed E-state index contributed by atoms with van der Waals surface area (Å²) in [6.07, 6.45) is 3.35. The number of rotatable bonds is 9. The molecule has 1 amide bonds. The quantitative estimate of drug-likeness (QED) is 0.333. The Balaban J connectivity index is 1.72. The lowest BCUT2D eigenvalue weighted by Crippen LogP contribution is -2.22. The zero-order chi connectivity index (χ0) is 26.7. The fraction of sp³-hybridized carbons (Fsp3) is 0.192. The molecule has 0 atom stereocenters. The zero-order valence-electron chi connectivity index (χ0n) is 20.3. The van der Waals surface area contributed by atoms with Gasteiger partial charge in [-0.3, -0.25) is 14.6 Å². The van der Waals surface area contributed by atoms with Crippen molar-refractivity contribution < 1.29 is 42.0 Å². The third kappa shape index (κ3) is 5.94. The van der Waals surface area contributed by atoms with Crippen LogP contribution in [0.4, 0.5) is 4.39 Å². The number of benzene rings is 2. The molecule has 9 nitrogen and oxygen atoms in total. The minimum absolute atomic E-state index is 0.0298. The van der Waals surface area contributed by atoms with E-state index in [1.807, 2.05) is 6.92 Å². The molecule has 37 heavy (non-hydrogen) atoms. The molecule has 0 saturated carbocycles.